The Morgan fingerprint density at radius 2 is 1.62 bits per heavy atom. The number of ether oxygens (including phenoxy) is 1. The highest BCUT2D eigenvalue weighted by Gasteiger charge is 2.33. The molecule has 4 aromatic rings. The van der Waals surface area contributed by atoms with Gasteiger partial charge >= 0.3 is 0 Å². The fourth-order valence-corrected chi connectivity index (χ4v) is 4.97. The SMILES string of the molecule is CC(C)(C(N)=O)c1nnc2ccc(NCCCN3CCC(OC(c4ccccc4)c4ccccc4)CC3)nn12.Cl. The second kappa shape index (κ2) is 13.2. The number of benzene rings is 2. The molecule has 1 saturated heterocycles. The molecule has 0 atom stereocenters. The summed E-state index contributed by atoms with van der Waals surface area (Å²) in [6.45, 7) is 7.30. The number of amides is 1. The van der Waals surface area contributed by atoms with Crippen LogP contribution in [0.5, 0.6) is 0 Å². The van der Waals surface area contributed by atoms with E-state index in [1.807, 2.05) is 24.3 Å². The largest absolute Gasteiger partial charge is 0.369 e. The number of carbonyl (C=O) groups is 1. The van der Waals surface area contributed by atoms with E-state index in [-0.39, 0.29) is 24.6 Å². The Morgan fingerprint density at radius 1 is 1.00 bits per heavy atom. The van der Waals surface area contributed by atoms with E-state index < -0.39 is 11.3 Å². The number of nitrogens with zero attached hydrogens (tertiary/aromatic N) is 5. The first-order valence-electron chi connectivity index (χ1n) is 13.7. The van der Waals surface area contributed by atoms with E-state index in [0.717, 1.165) is 45.4 Å². The van der Waals surface area contributed by atoms with Crippen molar-refractivity contribution in [2.75, 3.05) is 31.5 Å². The van der Waals surface area contributed by atoms with E-state index in [4.69, 9.17) is 10.5 Å². The second-order valence-electron chi connectivity index (χ2n) is 10.7. The summed E-state index contributed by atoms with van der Waals surface area (Å²) < 4.78 is 8.28. The fourth-order valence-electron chi connectivity index (χ4n) is 4.97. The number of carbonyl (C=O) groups excluding carboxylic acids is 1. The molecule has 3 N–H and O–H groups in total. The molecule has 40 heavy (non-hydrogen) atoms. The number of fused-ring (bicyclic) bond motifs is 1. The summed E-state index contributed by atoms with van der Waals surface area (Å²) in [6.07, 6.45) is 3.23. The van der Waals surface area contributed by atoms with Gasteiger partial charge in [0.1, 0.15) is 17.3 Å². The van der Waals surface area contributed by atoms with Gasteiger partial charge in [0.2, 0.25) is 5.91 Å². The lowest BCUT2D eigenvalue weighted by Gasteiger charge is -2.34. The van der Waals surface area contributed by atoms with E-state index >= 15 is 0 Å². The number of nitrogens with two attached hydrogens (primary N) is 1. The van der Waals surface area contributed by atoms with Gasteiger partial charge in [-0.1, -0.05) is 60.7 Å². The Balaban J connectivity index is 0.00000370. The van der Waals surface area contributed by atoms with E-state index in [2.05, 4.69) is 74.0 Å². The van der Waals surface area contributed by atoms with Crippen molar-refractivity contribution < 1.29 is 9.53 Å². The predicted octanol–water partition coefficient (Wildman–Crippen LogP) is 4.38. The van der Waals surface area contributed by atoms with Crippen LogP contribution in [0.3, 0.4) is 0 Å². The van der Waals surface area contributed by atoms with Crippen LogP contribution in [0.2, 0.25) is 0 Å². The summed E-state index contributed by atoms with van der Waals surface area (Å²) >= 11 is 0. The van der Waals surface area contributed by atoms with Crippen LogP contribution in [0.15, 0.2) is 72.8 Å². The Bertz CT molecular complexity index is 1330. The molecule has 10 heteroatoms. The zero-order valence-corrected chi connectivity index (χ0v) is 23.9. The lowest BCUT2D eigenvalue weighted by atomic mass is 9.92. The summed E-state index contributed by atoms with van der Waals surface area (Å²) in [7, 11) is 0. The lowest BCUT2D eigenvalue weighted by molar-refractivity contribution is -0.122. The highest BCUT2D eigenvalue weighted by Crippen LogP contribution is 2.30. The smallest absolute Gasteiger partial charge is 0.230 e. The minimum atomic E-state index is -0.969. The number of hydrogen-bond donors (Lipinski definition) is 2. The normalized spacial score (nSPS) is 14.8. The number of halogens is 1. The maximum Gasteiger partial charge on any atom is 0.230 e. The van der Waals surface area contributed by atoms with Crippen molar-refractivity contribution in [2.24, 2.45) is 5.73 Å². The first-order chi connectivity index (χ1) is 18.9. The van der Waals surface area contributed by atoms with Gasteiger partial charge in [-0.2, -0.15) is 4.52 Å². The minimum Gasteiger partial charge on any atom is -0.369 e. The number of primary amides is 1. The Hall–Kier alpha value is -3.53. The minimum absolute atomic E-state index is 0. The van der Waals surface area contributed by atoms with Gasteiger partial charge in [0.05, 0.1) is 6.10 Å². The van der Waals surface area contributed by atoms with Crippen molar-refractivity contribution in [3.63, 3.8) is 0 Å². The van der Waals surface area contributed by atoms with Gasteiger partial charge in [-0.3, -0.25) is 4.79 Å². The van der Waals surface area contributed by atoms with E-state index in [9.17, 15) is 4.79 Å². The van der Waals surface area contributed by atoms with Crippen LogP contribution in [0, 0.1) is 0 Å². The zero-order valence-electron chi connectivity index (χ0n) is 23.1. The van der Waals surface area contributed by atoms with Crippen LogP contribution in [0.25, 0.3) is 5.65 Å². The topological polar surface area (TPSA) is 111 Å². The second-order valence-corrected chi connectivity index (χ2v) is 10.7. The molecule has 1 fully saturated rings. The van der Waals surface area contributed by atoms with Crippen molar-refractivity contribution in [3.05, 3.63) is 89.7 Å². The number of aromatic nitrogens is 4. The maximum atomic E-state index is 11.9. The first-order valence-corrected chi connectivity index (χ1v) is 13.7. The summed E-state index contributed by atoms with van der Waals surface area (Å²) in [5, 5.41) is 16.3. The summed E-state index contributed by atoms with van der Waals surface area (Å²) in [4.78, 5) is 14.4. The zero-order chi connectivity index (χ0) is 27.2. The average molecular weight is 564 g/mol. The van der Waals surface area contributed by atoms with E-state index in [1.165, 1.54) is 11.1 Å². The van der Waals surface area contributed by atoms with Crippen LogP contribution in [0.4, 0.5) is 5.82 Å². The van der Waals surface area contributed by atoms with Crippen LogP contribution in [-0.2, 0) is 14.9 Å². The highest BCUT2D eigenvalue weighted by molar-refractivity contribution is 5.85. The molecule has 1 aliphatic heterocycles. The Labute approximate surface area is 241 Å². The molecule has 0 bridgehead atoms. The van der Waals surface area contributed by atoms with Gasteiger partial charge in [0.25, 0.3) is 0 Å². The molecule has 2 aromatic carbocycles. The molecule has 0 aliphatic carbocycles. The third-order valence-electron chi connectivity index (χ3n) is 7.46. The van der Waals surface area contributed by atoms with Crippen LogP contribution in [-0.4, -0.2) is 62.9 Å². The van der Waals surface area contributed by atoms with Crippen molar-refractivity contribution in [1.82, 2.24) is 24.7 Å². The number of nitrogens with one attached hydrogen (secondary N) is 1. The molecule has 0 radical (unpaired) electrons. The van der Waals surface area contributed by atoms with Crippen molar-refractivity contribution in [1.29, 1.82) is 0 Å². The number of likely N-dealkylation sites (tertiary alicyclic amines) is 1. The standard InChI is InChI=1S/C30H37N7O2.ClH/c1-30(2,28(31)38)29-34-33-26-15-14-25(35-37(26)29)32-18-9-19-36-20-16-24(17-21-36)39-27(22-10-5-3-6-11-22)23-12-7-4-8-13-23;/h3-8,10-15,24,27H,9,16-21H2,1-2H3,(H2,31,38)(H,32,35);1H. The molecule has 212 valence electrons. The quantitative estimate of drug-likeness (QED) is 0.260. The molecule has 1 amide bonds. The van der Waals surface area contributed by atoms with Gasteiger partial charge in [-0.15, -0.1) is 27.7 Å². The summed E-state index contributed by atoms with van der Waals surface area (Å²) in [5.41, 5.74) is 7.57. The van der Waals surface area contributed by atoms with Crippen molar-refractivity contribution in [3.8, 4) is 0 Å². The highest BCUT2D eigenvalue weighted by atomic mass is 35.5. The van der Waals surface area contributed by atoms with Gasteiger partial charge in [-0.05, 0) is 62.9 Å². The monoisotopic (exact) mass is 563 g/mol. The molecular weight excluding hydrogens is 526 g/mol. The van der Waals surface area contributed by atoms with Crippen molar-refractivity contribution in [2.45, 2.75) is 50.7 Å². The Morgan fingerprint density at radius 3 is 2.23 bits per heavy atom. The van der Waals surface area contributed by atoms with Gasteiger partial charge in [0.15, 0.2) is 11.5 Å². The molecule has 0 saturated carbocycles. The van der Waals surface area contributed by atoms with E-state index in [0.29, 0.717) is 17.3 Å². The number of rotatable bonds is 11. The molecule has 1 aliphatic rings. The molecule has 3 heterocycles. The van der Waals surface area contributed by atoms with Crippen molar-refractivity contribution >= 4 is 29.8 Å². The van der Waals surface area contributed by atoms with Gasteiger partial charge in [-0.25, -0.2) is 0 Å². The fraction of sp³-hybridized carbons (Fsp3) is 0.400. The maximum absolute atomic E-state index is 11.9. The molecule has 9 nitrogen and oxygen atoms in total. The van der Waals surface area contributed by atoms with E-state index in [1.54, 1.807) is 18.4 Å². The first kappa shape index (κ1) is 29.5. The average Bonchev–Trinajstić information content (AvgIpc) is 3.40. The Kier molecular flexibility index (Phi) is 9.73. The lowest BCUT2D eigenvalue weighted by Crippen LogP contribution is -2.38. The molecule has 2 aromatic heterocycles. The summed E-state index contributed by atoms with van der Waals surface area (Å²) in [6, 6.07) is 24.7. The third kappa shape index (κ3) is 6.78. The predicted molar refractivity (Wildman–Crippen MR) is 159 cm³/mol. The number of anilines is 1. The van der Waals surface area contributed by atoms with Crippen LogP contribution >= 0.6 is 12.4 Å². The third-order valence-corrected chi connectivity index (χ3v) is 7.46. The van der Waals surface area contributed by atoms with Gasteiger partial charge < -0.3 is 20.7 Å². The molecule has 5 rings (SSSR count). The molecule has 0 unspecified atom stereocenters. The number of piperidine rings is 1. The van der Waals surface area contributed by atoms with Crippen LogP contribution in [0.1, 0.15) is 56.2 Å². The number of hydrogen-bond acceptors (Lipinski definition) is 7. The summed E-state index contributed by atoms with van der Waals surface area (Å²) in [5.74, 6) is 0.672. The molecular formula is C30H38ClN7O2. The van der Waals surface area contributed by atoms with Gasteiger partial charge in [0, 0.05) is 19.6 Å². The molecule has 0 spiro atoms. The van der Waals surface area contributed by atoms with Crippen LogP contribution < -0.4 is 11.1 Å².